The molecule has 0 saturated heterocycles. The number of rotatable bonds is 5. The van der Waals surface area contributed by atoms with Gasteiger partial charge in [0.15, 0.2) is 0 Å². The molecule has 0 aliphatic heterocycles. The van der Waals surface area contributed by atoms with E-state index < -0.39 is 0 Å². The van der Waals surface area contributed by atoms with Crippen LogP contribution < -0.4 is 4.74 Å². The van der Waals surface area contributed by atoms with E-state index in [1.165, 1.54) is 0 Å². The zero-order chi connectivity index (χ0) is 18.6. The molecular formula is C22H17ClN2O2. The Hall–Kier alpha value is -3.24. The van der Waals surface area contributed by atoms with E-state index in [4.69, 9.17) is 16.3 Å². The van der Waals surface area contributed by atoms with Crippen LogP contribution in [0.25, 0.3) is 22.4 Å². The molecule has 4 aromatic rings. The zero-order valence-corrected chi connectivity index (χ0v) is 15.1. The number of benzene rings is 3. The highest BCUT2D eigenvalue weighted by Crippen LogP contribution is 2.37. The number of phenols is 1. The Kier molecular flexibility index (Phi) is 4.81. The van der Waals surface area contributed by atoms with Crippen molar-refractivity contribution in [3.63, 3.8) is 0 Å². The van der Waals surface area contributed by atoms with Gasteiger partial charge in [-0.2, -0.15) is 5.10 Å². The molecule has 0 spiro atoms. The minimum absolute atomic E-state index is 0.125. The van der Waals surface area contributed by atoms with Crippen molar-refractivity contribution in [1.29, 1.82) is 0 Å². The summed E-state index contributed by atoms with van der Waals surface area (Å²) < 4.78 is 5.77. The number of nitrogens with zero attached hydrogens (tertiary/aromatic N) is 1. The topological polar surface area (TPSA) is 58.1 Å². The molecule has 0 aliphatic carbocycles. The molecule has 0 saturated carbocycles. The fourth-order valence-corrected chi connectivity index (χ4v) is 3.02. The molecule has 5 heteroatoms. The molecule has 4 rings (SSSR count). The fraction of sp³-hybridized carbons (Fsp3) is 0.0455. The van der Waals surface area contributed by atoms with E-state index in [0.29, 0.717) is 22.9 Å². The summed E-state index contributed by atoms with van der Waals surface area (Å²) in [5.41, 5.74) is 4.32. The molecule has 1 aromatic heterocycles. The Morgan fingerprint density at radius 2 is 1.70 bits per heavy atom. The van der Waals surface area contributed by atoms with E-state index in [-0.39, 0.29) is 5.75 Å². The van der Waals surface area contributed by atoms with Crippen molar-refractivity contribution in [3.05, 3.63) is 89.6 Å². The molecular weight excluding hydrogens is 360 g/mol. The van der Waals surface area contributed by atoms with Gasteiger partial charge >= 0.3 is 0 Å². The number of halogens is 1. The standard InChI is InChI=1S/C22H17ClN2O2/c23-17-8-6-16(7-9-17)20-13-24-25-22(20)19-11-10-18(12-21(19)26)27-14-15-4-2-1-3-5-15/h1-13,26H,14H2,(H,24,25). The van der Waals surface area contributed by atoms with Gasteiger partial charge in [-0.15, -0.1) is 0 Å². The number of phenolic OH excluding ortho intramolecular Hbond substituents is 1. The first-order valence-corrected chi connectivity index (χ1v) is 8.88. The zero-order valence-electron chi connectivity index (χ0n) is 14.4. The molecule has 0 radical (unpaired) electrons. The second-order valence-electron chi connectivity index (χ2n) is 6.12. The van der Waals surface area contributed by atoms with Gasteiger partial charge in [-0.05, 0) is 35.4 Å². The van der Waals surface area contributed by atoms with Crippen molar-refractivity contribution in [2.75, 3.05) is 0 Å². The Morgan fingerprint density at radius 3 is 2.44 bits per heavy atom. The van der Waals surface area contributed by atoms with Gasteiger partial charge in [0.1, 0.15) is 18.1 Å². The molecule has 27 heavy (non-hydrogen) atoms. The Morgan fingerprint density at radius 1 is 0.926 bits per heavy atom. The van der Waals surface area contributed by atoms with E-state index in [1.807, 2.05) is 66.7 Å². The fourth-order valence-electron chi connectivity index (χ4n) is 2.89. The van der Waals surface area contributed by atoms with Gasteiger partial charge < -0.3 is 9.84 Å². The van der Waals surface area contributed by atoms with E-state index >= 15 is 0 Å². The lowest BCUT2D eigenvalue weighted by Gasteiger charge is -2.10. The maximum absolute atomic E-state index is 10.5. The quantitative estimate of drug-likeness (QED) is 0.471. The summed E-state index contributed by atoms with van der Waals surface area (Å²) in [6, 6.07) is 22.7. The number of hydrogen-bond acceptors (Lipinski definition) is 3. The van der Waals surface area contributed by atoms with Crippen molar-refractivity contribution in [2.24, 2.45) is 0 Å². The first kappa shape index (κ1) is 17.2. The molecule has 0 fully saturated rings. The highest BCUT2D eigenvalue weighted by molar-refractivity contribution is 6.30. The third-order valence-corrected chi connectivity index (χ3v) is 4.53. The predicted octanol–water partition coefficient (Wildman–Crippen LogP) is 5.68. The number of aromatic hydroxyl groups is 1. The average Bonchev–Trinajstić information content (AvgIpc) is 3.17. The largest absolute Gasteiger partial charge is 0.507 e. The second kappa shape index (κ2) is 7.56. The molecule has 4 nitrogen and oxygen atoms in total. The van der Waals surface area contributed by atoms with Gasteiger partial charge in [0, 0.05) is 22.2 Å². The van der Waals surface area contributed by atoms with Crippen molar-refractivity contribution in [2.45, 2.75) is 6.61 Å². The van der Waals surface area contributed by atoms with Gasteiger partial charge in [-0.3, -0.25) is 5.10 Å². The molecule has 0 aliphatic rings. The summed E-state index contributed by atoms with van der Waals surface area (Å²) >= 11 is 5.97. The van der Waals surface area contributed by atoms with Crippen LogP contribution in [0.1, 0.15) is 5.56 Å². The Labute approximate surface area is 162 Å². The van der Waals surface area contributed by atoms with Crippen molar-refractivity contribution in [1.82, 2.24) is 10.2 Å². The van der Waals surface area contributed by atoms with Gasteiger partial charge in [0.05, 0.1) is 11.9 Å². The lowest BCUT2D eigenvalue weighted by atomic mass is 10.0. The van der Waals surface area contributed by atoms with Crippen LogP contribution in [-0.4, -0.2) is 15.3 Å². The molecule has 134 valence electrons. The minimum atomic E-state index is 0.125. The molecule has 0 amide bonds. The van der Waals surface area contributed by atoms with Crippen LogP contribution in [0.3, 0.4) is 0 Å². The molecule has 0 atom stereocenters. The van der Waals surface area contributed by atoms with Crippen LogP contribution in [-0.2, 0) is 6.61 Å². The predicted molar refractivity (Wildman–Crippen MR) is 107 cm³/mol. The van der Waals surface area contributed by atoms with Gasteiger partial charge in [-0.1, -0.05) is 54.1 Å². The van der Waals surface area contributed by atoms with Crippen LogP contribution in [0.15, 0.2) is 79.0 Å². The van der Waals surface area contributed by atoms with Crippen LogP contribution >= 0.6 is 11.6 Å². The SMILES string of the molecule is Oc1cc(OCc2ccccc2)ccc1-c1[nH]ncc1-c1ccc(Cl)cc1. The van der Waals surface area contributed by atoms with Crippen LogP contribution in [0.5, 0.6) is 11.5 Å². The van der Waals surface area contributed by atoms with E-state index in [0.717, 1.165) is 22.4 Å². The molecule has 2 N–H and O–H groups in total. The van der Waals surface area contributed by atoms with E-state index in [1.54, 1.807) is 12.3 Å². The third kappa shape index (κ3) is 3.81. The minimum Gasteiger partial charge on any atom is -0.507 e. The highest BCUT2D eigenvalue weighted by Gasteiger charge is 2.14. The number of aromatic nitrogens is 2. The van der Waals surface area contributed by atoms with Gasteiger partial charge in [0.25, 0.3) is 0 Å². The Balaban J connectivity index is 1.58. The van der Waals surface area contributed by atoms with Crippen LogP contribution in [0, 0.1) is 0 Å². The van der Waals surface area contributed by atoms with E-state index in [2.05, 4.69) is 10.2 Å². The molecule has 1 heterocycles. The first-order chi connectivity index (χ1) is 13.2. The summed E-state index contributed by atoms with van der Waals surface area (Å²) in [6.07, 6.45) is 1.73. The van der Waals surface area contributed by atoms with Crippen molar-refractivity contribution in [3.8, 4) is 33.9 Å². The van der Waals surface area contributed by atoms with Gasteiger partial charge in [-0.25, -0.2) is 0 Å². The number of nitrogens with one attached hydrogen (secondary N) is 1. The smallest absolute Gasteiger partial charge is 0.128 e. The molecule has 0 unspecified atom stereocenters. The summed E-state index contributed by atoms with van der Waals surface area (Å²) in [7, 11) is 0. The lowest BCUT2D eigenvalue weighted by molar-refractivity contribution is 0.304. The van der Waals surface area contributed by atoms with Crippen molar-refractivity contribution < 1.29 is 9.84 Å². The number of H-pyrrole nitrogens is 1. The lowest BCUT2D eigenvalue weighted by Crippen LogP contribution is -1.95. The molecule has 0 bridgehead atoms. The monoisotopic (exact) mass is 376 g/mol. The Bertz CT molecular complexity index is 1040. The van der Waals surface area contributed by atoms with Gasteiger partial charge in [0.2, 0.25) is 0 Å². The van der Waals surface area contributed by atoms with Crippen LogP contribution in [0.2, 0.25) is 5.02 Å². The second-order valence-corrected chi connectivity index (χ2v) is 6.56. The summed E-state index contributed by atoms with van der Waals surface area (Å²) in [5, 5.41) is 18.3. The third-order valence-electron chi connectivity index (χ3n) is 4.28. The van der Waals surface area contributed by atoms with E-state index in [9.17, 15) is 5.11 Å². The number of aromatic amines is 1. The highest BCUT2D eigenvalue weighted by atomic mass is 35.5. The average molecular weight is 377 g/mol. The summed E-state index contributed by atoms with van der Waals surface area (Å²) in [6.45, 7) is 0.444. The normalized spacial score (nSPS) is 10.7. The van der Waals surface area contributed by atoms with Crippen LogP contribution in [0.4, 0.5) is 0 Å². The summed E-state index contributed by atoms with van der Waals surface area (Å²) in [4.78, 5) is 0. The molecule has 3 aromatic carbocycles. The van der Waals surface area contributed by atoms with Crippen molar-refractivity contribution >= 4 is 11.6 Å². The maximum atomic E-state index is 10.5. The first-order valence-electron chi connectivity index (χ1n) is 8.50. The summed E-state index contributed by atoms with van der Waals surface area (Å²) in [5.74, 6) is 0.729. The maximum Gasteiger partial charge on any atom is 0.128 e. The number of hydrogen-bond donors (Lipinski definition) is 2. The number of ether oxygens (including phenoxy) is 1.